The number of nitrogens with zero attached hydrogens (tertiary/aromatic N) is 1. The predicted molar refractivity (Wildman–Crippen MR) is 82.5 cm³/mol. The molecule has 21 heavy (non-hydrogen) atoms. The van der Waals surface area contributed by atoms with Gasteiger partial charge in [0.05, 0.1) is 12.7 Å². The highest BCUT2D eigenvalue weighted by molar-refractivity contribution is 5.95. The van der Waals surface area contributed by atoms with Crippen LogP contribution in [0.3, 0.4) is 0 Å². The highest BCUT2D eigenvalue weighted by atomic mass is 16.5. The van der Waals surface area contributed by atoms with Crippen molar-refractivity contribution in [2.75, 3.05) is 27.2 Å². The van der Waals surface area contributed by atoms with Gasteiger partial charge in [0.1, 0.15) is 5.75 Å². The summed E-state index contributed by atoms with van der Waals surface area (Å²) in [5.74, 6) is 0.681. The number of benzene rings is 1. The predicted octanol–water partition coefficient (Wildman–Crippen LogP) is 1.71. The van der Waals surface area contributed by atoms with Crippen molar-refractivity contribution in [1.29, 1.82) is 0 Å². The van der Waals surface area contributed by atoms with Crippen LogP contribution >= 0.6 is 0 Å². The summed E-state index contributed by atoms with van der Waals surface area (Å²) in [7, 11) is 3.48. The molecule has 1 aromatic carbocycles. The molecule has 0 bridgehead atoms. The average molecular weight is 285 g/mol. The summed E-state index contributed by atoms with van der Waals surface area (Å²) in [5.41, 5.74) is 2.45. The Kier molecular flexibility index (Phi) is 5.29. The van der Waals surface area contributed by atoms with Crippen molar-refractivity contribution in [1.82, 2.24) is 15.6 Å². The smallest absolute Gasteiger partial charge is 0.252 e. The fourth-order valence-corrected chi connectivity index (χ4v) is 1.91. The van der Waals surface area contributed by atoms with E-state index in [9.17, 15) is 4.79 Å². The van der Waals surface area contributed by atoms with Gasteiger partial charge in [-0.15, -0.1) is 0 Å². The monoisotopic (exact) mass is 285 g/mol. The lowest BCUT2D eigenvalue weighted by Gasteiger charge is -2.07. The van der Waals surface area contributed by atoms with E-state index in [1.807, 2.05) is 37.4 Å². The molecular weight excluding hydrogens is 266 g/mol. The molecule has 0 spiro atoms. The molecule has 0 aliphatic carbocycles. The average Bonchev–Trinajstić information content (AvgIpc) is 2.55. The fourth-order valence-electron chi connectivity index (χ4n) is 1.91. The maximum Gasteiger partial charge on any atom is 0.252 e. The summed E-state index contributed by atoms with van der Waals surface area (Å²) < 4.78 is 5.14. The highest BCUT2D eigenvalue weighted by Crippen LogP contribution is 2.22. The van der Waals surface area contributed by atoms with Gasteiger partial charge in [-0.2, -0.15) is 0 Å². The molecule has 0 saturated heterocycles. The van der Waals surface area contributed by atoms with Gasteiger partial charge in [0.25, 0.3) is 5.91 Å². The lowest BCUT2D eigenvalue weighted by Crippen LogP contribution is -2.30. The van der Waals surface area contributed by atoms with Crippen LogP contribution in [0.1, 0.15) is 10.4 Å². The lowest BCUT2D eigenvalue weighted by atomic mass is 10.1. The van der Waals surface area contributed by atoms with Crippen molar-refractivity contribution in [2.24, 2.45) is 0 Å². The number of nitrogens with one attached hydrogen (secondary N) is 2. The van der Waals surface area contributed by atoms with E-state index in [-0.39, 0.29) is 5.91 Å². The molecule has 1 amide bonds. The molecule has 0 unspecified atom stereocenters. The Labute approximate surface area is 124 Å². The zero-order valence-corrected chi connectivity index (χ0v) is 12.2. The summed E-state index contributed by atoms with van der Waals surface area (Å²) >= 11 is 0. The number of hydrogen-bond donors (Lipinski definition) is 2. The number of carbonyl (C=O) groups excluding carboxylic acids is 1. The summed E-state index contributed by atoms with van der Waals surface area (Å²) in [6, 6.07) is 9.49. The third-order valence-electron chi connectivity index (χ3n) is 3.08. The van der Waals surface area contributed by atoms with E-state index in [4.69, 9.17) is 4.74 Å². The SMILES string of the molecule is CNCCNC(=O)c1cncc(-c2ccc(OC)cc2)c1. The molecule has 0 saturated carbocycles. The zero-order valence-electron chi connectivity index (χ0n) is 12.2. The van der Waals surface area contributed by atoms with Gasteiger partial charge < -0.3 is 15.4 Å². The van der Waals surface area contributed by atoms with Gasteiger partial charge >= 0.3 is 0 Å². The molecule has 0 aliphatic rings. The third-order valence-corrected chi connectivity index (χ3v) is 3.08. The van der Waals surface area contributed by atoms with Gasteiger partial charge in [-0.05, 0) is 30.8 Å². The molecule has 1 aromatic heterocycles. The first kappa shape index (κ1) is 15.0. The van der Waals surface area contributed by atoms with E-state index in [1.165, 1.54) is 0 Å². The molecule has 110 valence electrons. The number of carbonyl (C=O) groups is 1. The number of likely N-dealkylation sites (N-methyl/N-ethyl adjacent to an activating group) is 1. The van der Waals surface area contributed by atoms with E-state index in [0.717, 1.165) is 23.4 Å². The first-order chi connectivity index (χ1) is 10.2. The minimum Gasteiger partial charge on any atom is -0.497 e. The molecule has 0 aliphatic heterocycles. The van der Waals surface area contributed by atoms with E-state index >= 15 is 0 Å². The van der Waals surface area contributed by atoms with Crippen molar-refractivity contribution in [2.45, 2.75) is 0 Å². The van der Waals surface area contributed by atoms with E-state index in [0.29, 0.717) is 12.1 Å². The number of hydrogen-bond acceptors (Lipinski definition) is 4. The largest absolute Gasteiger partial charge is 0.497 e. The second-order valence-corrected chi connectivity index (χ2v) is 4.55. The van der Waals surface area contributed by atoms with Gasteiger partial charge in [-0.1, -0.05) is 12.1 Å². The van der Waals surface area contributed by atoms with Crippen LogP contribution < -0.4 is 15.4 Å². The fraction of sp³-hybridized carbons (Fsp3) is 0.250. The Hall–Kier alpha value is -2.40. The van der Waals surface area contributed by atoms with Crippen LogP contribution in [0.4, 0.5) is 0 Å². The normalized spacial score (nSPS) is 10.2. The summed E-state index contributed by atoms with van der Waals surface area (Å²) in [5, 5.41) is 5.82. The van der Waals surface area contributed by atoms with Gasteiger partial charge in [-0.25, -0.2) is 0 Å². The molecule has 0 radical (unpaired) electrons. The van der Waals surface area contributed by atoms with Crippen LogP contribution in [-0.4, -0.2) is 38.1 Å². The number of rotatable bonds is 6. The molecule has 2 aromatic rings. The van der Waals surface area contributed by atoms with Crippen molar-refractivity contribution in [3.05, 3.63) is 48.3 Å². The first-order valence-corrected chi connectivity index (χ1v) is 6.77. The molecular formula is C16H19N3O2. The van der Waals surface area contributed by atoms with Crippen molar-refractivity contribution >= 4 is 5.91 Å². The molecule has 5 heteroatoms. The Morgan fingerprint density at radius 1 is 1.14 bits per heavy atom. The lowest BCUT2D eigenvalue weighted by molar-refractivity contribution is 0.0954. The Balaban J connectivity index is 2.14. The van der Waals surface area contributed by atoms with Crippen LogP contribution in [0.25, 0.3) is 11.1 Å². The maximum atomic E-state index is 12.0. The van der Waals surface area contributed by atoms with Crippen LogP contribution in [0.2, 0.25) is 0 Å². The highest BCUT2D eigenvalue weighted by Gasteiger charge is 2.07. The molecule has 2 rings (SSSR count). The quantitative estimate of drug-likeness (QED) is 0.793. The summed E-state index contributed by atoms with van der Waals surface area (Å²) in [6.45, 7) is 1.32. The molecule has 0 atom stereocenters. The number of pyridine rings is 1. The van der Waals surface area contributed by atoms with Crippen molar-refractivity contribution < 1.29 is 9.53 Å². The van der Waals surface area contributed by atoms with Crippen molar-refractivity contribution in [3.63, 3.8) is 0 Å². The third kappa shape index (κ3) is 4.03. The Bertz CT molecular complexity index is 597. The Morgan fingerprint density at radius 2 is 1.90 bits per heavy atom. The van der Waals surface area contributed by atoms with E-state index in [2.05, 4.69) is 15.6 Å². The van der Waals surface area contributed by atoms with E-state index in [1.54, 1.807) is 19.5 Å². The van der Waals surface area contributed by atoms with Gasteiger partial charge in [0, 0.05) is 31.0 Å². The molecule has 0 fully saturated rings. The number of ether oxygens (including phenoxy) is 1. The van der Waals surface area contributed by atoms with Crippen LogP contribution in [0.5, 0.6) is 5.75 Å². The molecule has 2 N–H and O–H groups in total. The minimum atomic E-state index is -0.117. The van der Waals surface area contributed by atoms with Gasteiger partial charge in [0.2, 0.25) is 0 Å². The second kappa shape index (κ2) is 7.40. The van der Waals surface area contributed by atoms with Crippen molar-refractivity contribution in [3.8, 4) is 16.9 Å². The Morgan fingerprint density at radius 3 is 2.57 bits per heavy atom. The molecule has 5 nitrogen and oxygen atoms in total. The van der Waals surface area contributed by atoms with Gasteiger partial charge in [-0.3, -0.25) is 9.78 Å². The van der Waals surface area contributed by atoms with Gasteiger partial charge in [0.15, 0.2) is 0 Å². The number of aromatic nitrogens is 1. The van der Waals surface area contributed by atoms with E-state index < -0.39 is 0 Å². The van der Waals surface area contributed by atoms with Crippen LogP contribution in [0.15, 0.2) is 42.7 Å². The van der Waals surface area contributed by atoms with Crippen LogP contribution in [0, 0.1) is 0 Å². The standard InChI is InChI=1S/C16H19N3O2/c1-17-7-8-19-16(20)14-9-13(10-18-11-14)12-3-5-15(21-2)6-4-12/h3-6,9-11,17H,7-8H2,1-2H3,(H,19,20). The first-order valence-electron chi connectivity index (χ1n) is 6.77. The zero-order chi connectivity index (χ0) is 15.1. The topological polar surface area (TPSA) is 63.2 Å². The van der Waals surface area contributed by atoms with Crippen LogP contribution in [-0.2, 0) is 0 Å². The summed E-state index contributed by atoms with van der Waals surface area (Å²) in [6.07, 6.45) is 3.31. The minimum absolute atomic E-state index is 0.117. The second-order valence-electron chi connectivity index (χ2n) is 4.55. The molecule has 1 heterocycles. The maximum absolute atomic E-state index is 12.0. The number of methoxy groups -OCH3 is 1. The summed E-state index contributed by atoms with van der Waals surface area (Å²) in [4.78, 5) is 16.1. The number of amides is 1.